The Hall–Kier alpha value is -2.96. The van der Waals surface area contributed by atoms with Gasteiger partial charge in [0.25, 0.3) is 5.91 Å². The van der Waals surface area contributed by atoms with E-state index in [2.05, 4.69) is 22.2 Å². The summed E-state index contributed by atoms with van der Waals surface area (Å²) < 4.78 is 27.9. The molecule has 0 heterocycles. The average molecular weight is 423 g/mol. The quantitative estimate of drug-likeness (QED) is 0.515. The van der Waals surface area contributed by atoms with Crippen LogP contribution in [0, 0.1) is 6.92 Å². The molecule has 0 spiro atoms. The molecule has 0 aliphatic heterocycles. The normalized spacial score (nSPS) is 11.2. The highest BCUT2D eigenvalue weighted by Crippen LogP contribution is 2.16. The fourth-order valence-electron chi connectivity index (χ4n) is 3.10. The lowest BCUT2D eigenvalue weighted by molar-refractivity contribution is 0.0952. The molecule has 0 bridgehead atoms. The van der Waals surface area contributed by atoms with Crippen LogP contribution in [0.1, 0.15) is 33.5 Å². The number of rotatable bonds is 9. The molecule has 3 aromatic carbocycles. The van der Waals surface area contributed by atoms with E-state index < -0.39 is 10.0 Å². The minimum Gasteiger partial charge on any atom is -0.352 e. The van der Waals surface area contributed by atoms with Gasteiger partial charge in [0.15, 0.2) is 0 Å². The number of carbonyl (C=O) groups excluding carboxylic acids is 1. The smallest absolute Gasteiger partial charge is 0.251 e. The lowest BCUT2D eigenvalue weighted by Crippen LogP contribution is -2.27. The summed E-state index contributed by atoms with van der Waals surface area (Å²) in [4.78, 5) is 12.7. The number of aryl methyl sites for hydroxylation is 2. The zero-order valence-corrected chi connectivity index (χ0v) is 17.8. The summed E-state index contributed by atoms with van der Waals surface area (Å²) in [6.45, 7) is 2.52. The number of sulfonamides is 1. The van der Waals surface area contributed by atoms with Crippen LogP contribution in [0.2, 0.25) is 0 Å². The van der Waals surface area contributed by atoms with E-state index in [0.717, 1.165) is 24.0 Å². The van der Waals surface area contributed by atoms with E-state index in [1.54, 1.807) is 13.0 Å². The summed E-state index contributed by atoms with van der Waals surface area (Å²) in [6.07, 6.45) is 1.68. The Balaban J connectivity index is 1.61. The van der Waals surface area contributed by atoms with Crippen molar-refractivity contribution < 1.29 is 13.2 Å². The van der Waals surface area contributed by atoms with Crippen LogP contribution in [0.25, 0.3) is 0 Å². The van der Waals surface area contributed by atoms with E-state index in [1.165, 1.54) is 17.7 Å². The van der Waals surface area contributed by atoms with Crippen molar-refractivity contribution in [3.63, 3.8) is 0 Å². The number of nitrogens with one attached hydrogen (secondary N) is 2. The van der Waals surface area contributed by atoms with Crippen LogP contribution in [0.3, 0.4) is 0 Å². The number of amides is 1. The highest BCUT2D eigenvalue weighted by molar-refractivity contribution is 7.89. The van der Waals surface area contributed by atoms with E-state index in [0.29, 0.717) is 12.1 Å². The molecule has 0 aliphatic rings. The maximum atomic E-state index is 12.7. The first-order valence-electron chi connectivity index (χ1n) is 9.92. The molecule has 30 heavy (non-hydrogen) atoms. The average Bonchev–Trinajstić information content (AvgIpc) is 2.77. The predicted octanol–water partition coefficient (Wildman–Crippen LogP) is 3.84. The molecular weight excluding hydrogens is 396 g/mol. The molecule has 2 N–H and O–H groups in total. The molecule has 0 radical (unpaired) electrons. The van der Waals surface area contributed by atoms with Crippen LogP contribution in [0.5, 0.6) is 0 Å². The Morgan fingerprint density at radius 2 is 1.50 bits per heavy atom. The Kier molecular flexibility index (Phi) is 7.38. The van der Waals surface area contributed by atoms with Crippen molar-refractivity contribution in [2.45, 2.75) is 31.2 Å². The molecular formula is C24H26N2O3S. The van der Waals surface area contributed by atoms with Crippen molar-refractivity contribution in [3.8, 4) is 0 Å². The van der Waals surface area contributed by atoms with Crippen LogP contribution in [-0.2, 0) is 23.0 Å². The molecule has 0 saturated carbocycles. The zero-order valence-electron chi connectivity index (χ0n) is 17.0. The lowest BCUT2D eigenvalue weighted by atomic mass is 10.1. The first-order valence-corrected chi connectivity index (χ1v) is 11.4. The van der Waals surface area contributed by atoms with E-state index in [-0.39, 0.29) is 17.3 Å². The molecule has 0 fully saturated rings. The van der Waals surface area contributed by atoms with Gasteiger partial charge in [-0.2, -0.15) is 0 Å². The molecule has 3 aromatic rings. The van der Waals surface area contributed by atoms with Gasteiger partial charge in [-0.1, -0.05) is 66.7 Å². The largest absolute Gasteiger partial charge is 0.352 e. The molecule has 156 valence electrons. The summed E-state index contributed by atoms with van der Waals surface area (Å²) in [6, 6.07) is 24.0. The first kappa shape index (κ1) is 21.7. The van der Waals surface area contributed by atoms with Crippen molar-refractivity contribution in [1.29, 1.82) is 0 Å². The van der Waals surface area contributed by atoms with Crippen molar-refractivity contribution in [3.05, 3.63) is 101 Å². The molecule has 3 rings (SSSR count). The molecule has 5 nitrogen and oxygen atoms in total. The second-order valence-corrected chi connectivity index (χ2v) is 8.90. The summed E-state index contributed by atoms with van der Waals surface area (Å²) in [5.41, 5.74) is 3.19. The topological polar surface area (TPSA) is 75.3 Å². The second-order valence-electron chi connectivity index (χ2n) is 7.13. The minimum atomic E-state index is -3.72. The predicted molar refractivity (Wildman–Crippen MR) is 119 cm³/mol. The van der Waals surface area contributed by atoms with Gasteiger partial charge >= 0.3 is 0 Å². The van der Waals surface area contributed by atoms with Crippen LogP contribution >= 0.6 is 0 Å². The molecule has 0 aromatic heterocycles. The third kappa shape index (κ3) is 6.02. The van der Waals surface area contributed by atoms with Gasteiger partial charge in [0.1, 0.15) is 0 Å². The molecule has 1 amide bonds. The second kappa shape index (κ2) is 10.2. The van der Waals surface area contributed by atoms with E-state index in [1.807, 2.05) is 48.5 Å². The Morgan fingerprint density at radius 3 is 2.17 bits per heavy atom. The van der Waals surface area contributed by atoms with E-state index in [4.69, 9.17) is 0 Å². The van der Waals surface area contributed by atoms with Gasteiger partial charge in [0.05, 0.1) is 4.90 Å². The van der Waals surface area contributed by atoms with Gasteiger partial charge < -0.3 is 5.32 Å². The minimum absolute atomic E-state index is 0.0819. The van der Waals surface area contributed by atoms with Crippen molar-refractivity contribution in [1.82, 2.24) is 10.0 Å². The van der Waals surface area contributed by atoms with Crippen LogP contribution in [0.4, 0.5) is 0 Å². The van der Waals surface area contributed by atoms with Gasteiger partial charge in [-0.15, -0.1) is 0 Å². The first-order chi connectivity index (χ1) is 14.5. The third-order valence-electron chi connectivity index (χ3n) is 4.84. The molecule has 6 heteroatoms. The molecule has 0 saturated heterocycles. The van der Waals surface area contributed by atoms with Crippen LogP contribution in [-0.4, -0.2) is 20.9 Å². The summed E-state index contributed by atoms with van der Waals surface area (Å²) in [5.74, 6) is -0.263. The van der Waals surface area contributed by atoms with Gasteiger partial charge in [-0.05, 0) is 48.6 Å². The molecule has 0 unspecified atom stereocenters. The third-order valence-corrected chi connectivity index (χ3v) is 6.24. The van der Waals surface area contributed by atoms with Crippen molar-refractivity contribution in [2.75, 3.05) is 6.54 Å². The number of hydrogen-bond donors (Lipinski definition) is 2. The Labute approximate surface area is 178 Å². The molecule has 0 atom stereocenters. The summed E-state index contributed by atoms with van der Waals surface area (Å²) in [7, 11) is -3.72. The maximum Gasteiger partial charge on any atom is 0.251 e. The van der Waals surface area contributed by atoms with Gasteiger partial charge in [-0.25, -0.2) is 13.1 Å². The van der Waals surface area contributed by atoms with Crippen molar-refractivity contribution >= 4 is 15.9 Å². The Morgan fingerprint density at radius 1 is 0.867 bits per heavy atom. The van der Waals surface area contributed by atoms with E-state index >= 15 is 0 Å². The standard InChI is InChI=1S/C24H26N2O3S/c1-19-14-15-22(30(28,29)26-18-21-11-6-3-7-12-21)17-23(19)24(27)25-16-8-13-20-9-4-2-5-10-20/h2-7,9-12,14-15,17,26H,8,13,16,18H2,1H3,(H,25,27). The lowest BCUT2D eigenvalue weighted by Gasteiger charge is -2.11. The van der Waals surface area contributed by atoms with Gasteiger partial charge in [0, 0.05) is 18.7 Å². The highest BCUT2D eigenvalue weighted by atomic mass is 32.2. The number of hydrogen-bond acceptors (Lipinski definition) is 3. The zero-order chi connectivity index (χ0) is 21.4. The Bertz CT molecular complexity index is 1080. The monoisotopic (exact) mass is 422 g/mol. The SMILES string of the molecule is Cc1ccc(S(=O)(=O)NCc2ccccc2)cc1C(=O)NCCCc1ccccc1. The van der Waals surface area contributed by atoms with E-state index in [9.17, 15) is 13.2 Å². The van der Waals surface area contributed by atoms with Crippen molar-refractivity contribution in [2.24, 2.45) is 0 Å². The van der Waals surface area contributed by atoms with Crippen LogP contribution in [0.15, 0.2) is 83.8 Å². The summed E-state index contributed by atoms with van der Waals surface area (Å²) >= 11 is 0. The molecule has 0 aliphatic carbocycles. The summed E-state index contributed by atoms with van der Waals surface area (Å²) in [5, 5.41) is 2.89. The van der Waals surface area contributed by atoms with Gasteiger partial charge in [-0.3, -0.25) is 4.79 Å². The number of benzene rings is 3. The maximum absolute atomic E-state index is 12.7. The van der Waals surface area contributed by atoms with Gasteiger partial charge in [0.2, 0.25) is 10.0 Å². The fourth-order valence-corrected chi connectivity index (χ4v) is 4.15. The number of carbonyl (C=O) groups is 1. The van der Waals surface area contributed by atoms with Crippen LogP contribution < -0.4 is 10.0 Å². The fraction of sp³-hybridized carbons (Fsp3) is 0.208. The highest BCUT2D eigenvalue weighted by Gasteiger charge is 2.18.